The second kappa shape index (κ2) is 9.41. The van der Waals surface area contributed by atoms with Gasteiger partial charge in [-0.05, 0) is 19.1 Å². The largest absolute Gasteiger partial charge is 0.418 e. The molecule has 140 valence electrons. The van der Waals surface area contributed by atoms with Gasteiger partial charge in [0.25, 0.3) is 0 Å². The Kier molecular flexibility index (Phi) is 7.89. The van der Waals surface area contributed by atoms with E-state index in [1.807, 2.05) is 0 Å². The number of benzene rings is 1. The topological polar surface area (TPSA) is 70.2 Å². The minimum Gasteiger partial charge on any atom is -0.355 e. The zero-order valence-corrected chi connectivity index (χ0v) is 14.5. The highest BCUT2D eigenvalue weighted by molar-refractivity contribution is 5.92. The summed E-state index contributed by atoms with van der Waals surface area (Å²) in [6.45, 7) is 6.20. The second-order valence-corrected chi connectivity index (χ2v) is 6.10. The number of carbonyl (C=O) groups excluding carboxylic acids is 2. The van der Waals surface area contributed by atoms with E-state index in [-0.39, 0.29) is 30.0 Å². The fourth-order valence-electron chi connectivity index (χ4n) is 2.10. The van der Waals surface area contributed by atoms with Gasteiger partial charge in [0.05, 0.1) is 11.3 Å². The van der Waals surface area contributed by atoms with Crippen molar-refractivity contribution >= 4 is 17.5 Å². The first kappa shape index (κ1) is 21.0. The van der Waals surface area contributed by atoms with Gasteiger partial charge in [-0.25, -0.2) is 0 Å². The van der Waals surface area contributed by atoms with Crippen LogP contribution in [-0.2, 0) is 15.8 Å². The number of para-hydroxylation sites is 1. The van der Waals surface area contributed by atoms with Crippen molar-refractivity contribution in [2.75, 3.05) is 18.4 Å². The van der Waals surface area contributed by atoms with Gasteiger partial charge in [-0.1, -0.05) is 26.0 Å². The van der Waals surface area contributed by atoms with E-state index in [0.717, 1.165) is 6.07 Å². The van der Waals surface area contributed by atoms with Crippen molar-refractivity contribution in [2.45, 2.75) is 39.4 Å². The van der Waals surface area contributed by atoms with Crippen molar-refractivity contribution in [3.8, 4) is 0 Å². The van der Waals surface area contributed by atoms with Crippen LogP contribution in [0.25, 0.3) is 0 Å². The first-order valence-corrected chi connectivity index (χ1v) is 8.08. The molecule has 3 N–H and O–H groups in total. The monoisotopic (exact) mass is 359 g/mol. The third-order valence-corrected chi connectivity index (χ3v) is 3.44. The Labute approximate surface area is 145 Å². The summed E-state index contributed by atoms with van der Waals surface area (Å²) in [6, 6.07) is 4.61. The minimum absolute atomic E-state index is 0.0182. The zero-order chi connectivity index (χ0) is 19.0. The molecule has 5 nitrogen and oxygen atoms in total. The molecule has 0 aromatic heterocycles. The lowest BCUT2D eigenvalue weighted by atomic mass is 10.1. The van der Waals surface area contributed by atoms with Crippen LogP contribution in [0.2, 0.25) is 0 Å². The van der Waals surface area contributed by atoms with Gasteiger partial charge in [0.1, 0.15) is 0 Å². The summed E-state index contributed by atoms with van der Waals surface area (Å²) >= 11 is 0. The van der Waals surface area contributed by atoms with Crippen LogP contribution in [0.1, 0.15) is 32.8 Å². The van der Waals surface area contributed by atoms with Crippen LogP contribution in [0.4, 0.5) is 18.9 Å². The molecule has 1 unspecified atom stereocenters. The Morgan fingerprint density at radius 3 is 2.32 bits per heavy atom. The molecular formula is C17H24F3N3O2. The quantitative estimate of drug-likeness (QED) is 0.625. The lowest BCUT2D eigenvalue weighted by molar-refractivity contribution is -0.137. The van der Waals surface area contributed by atoms with E-state index < -0.39 is 17.6 Å². The molecule has 0 aliphatic rings. The summed E-state index contributed by atoms with van der Waals surface area (Å²) < 4.78 is 38.7. The normalized spacial score (nSPS) is 12.8. The molecule has 0 saturated heterocycles. The highest BCUT2D eigenvalue weighted by Crippen LogP contribution is 2.34. The van der Waals surface area contributed by atoms with Crippen molar-refractivity contribution in [3.63, 3.8) is 0 Å². The van der Waals surface area contributed by atoms with Crippen LogP contribution in [0.5, 0.6) is 0 Å². The Morgan fingerprint density at radius 2 is 1.72 bits per heavy atom. The molecule has 25 heavy (non-hydrogen) atoms. The average Bonchev–Trinajstić information content (AvgIpc) is 2.50. The third-order valence-electron chi connectivity index (χ3n) is 3.44. The zero-order valence-electron chi connectivity index (χ0n) is 14.5. The van der Waals surface area contributed by atoms with Crippen LogP contribution in [0.3, 0.4) is 0 Å². The molecule has 0 radical (unpaired) electrons. The van der Waals surface area contributed by atoms with Gasteiger partial charge in [-0.15, -0.1) is 0 Å². The maximum Gasteiger partial charge on any atom is 0.418 e. The van der Waals surface area contributed by atoms with E-state index >= 15 is 0 Å². The molecule has 0 saturated carbocycles. The highest BCUT2D eigenvalue weighted by Gasteiger charge is 2.33. The number of nitrogens with one attached hydrogen (secondary N) is 3. The van der Waals surface area contributed by atoms with E-state index in [1.54, 1.807) is 20.8 Å². The first-order chi connectivity index (χ1) is 11.6. The number of hydrogen-bond acceptors (Lipinski definition) is 3. The fraction of sp³-hybridized carbons (Fsp3) is 0.529. The minimum atomic E-state index is -4.53. The SMILES string of the molecule is CC(CC(=O)Nc1ccccc1C(F)(F)F)NCCNC(=O)C(C)C. The average molecular weight is 359 g/mol. The third kappa shape index (κ3) is 7.55. The standard InChI is InChI=1S/C17H24F3N3O2/c1-11(2)16(25)22-9-8-21-12(3)10-15(24)23-14-7-5-4-6-13(14)17(18,19)20/h4-7,11-12,21H,8-10H2,1-3H3,(H,22,25)(H,23,24). The lowest BCUT2D eigenvalue weighted by Crippen LogP contribution is -2.38. The van der Waals surface area contributed by atoms with Gasteiger partial charge in [-0.3, -0.25) is 9.59 Å². The smallest absolute Gasteiger partial charge is 0.355 e. The molecule has 0 bridgehead atoms. The summed E-state index contributed by atoms with van der Waals surface area (Å²) in [5.74, 6) is -0.671. The van der Waals surface area contributed by atoms with Crippen molar-refractivity contribution in [1.29, 1.82) is 0 Å². The number of rotatable bonds is 8. The molecule has 1 aromatic carbocycles. The summed E-state index contributed by atoms with van der Waals surface area (Å²) in [5, 5.41) is 8.07. The number of alkyl halides is 3. The van der Waals surface area contributed by atoms with Gasteiger partial charge in [0, 0.05) is 31.5 Å². The summed E-state index contributed by atoms with van der Waals surface area (Å²) in [4.78, 5) is 23.3. The highest BCUT2D eigenvalue weighted by atomic mass is 19.4. The van der Waals surface area contributed by atoms with Crippen molar-refractivity contribution in [3.05, 3.63) is 29.8 Å². The molecule has 0 heterocycles. The van der Waals surface area contributed by atoms with Gasteiger partial charge >= 0.3 is 6.18 Å². The maximum atomic E-state index is 12.9. The number of amides is 2. The Bertz CT molecular complexity index is 589. The van der Waals surface area contributed by atoms with Crippen LogP contribution in [0.15, 0.2) is 24.3 Å². The maximum absolute atomic E-state index is 12.9. The van der Waals surface area contributed by atoms with Crippen molar-refractivity contribution in [2.24, 2.45) is 5.92 Å². The molecular weight excluding hydrogens is 335 g/mol. The Balaban J connectivity index is 2.43. The molecule has 1 rings (SSSR count). The molecule has 8 heteroatoms. The van der Waals surface area contributed by atoms with E-state index in [9.17, 15) is 22.8 Å². The van der Waals surface area contributed by atoms with Crippen LogP contribution in [-0.4, -0.2) is 30.9 Å². The number of anilines is 1. The van der Waals surface area contributed by atoms with Gasteiger partial charge < -0.3 is 16.0 Å². The summed E-state index contributed by atoms with van der Waals surface area (Å²) in [7, 11) is 0. The summed E-state index contributed by atoms with van der Waals surface area (Å²) in [6.07, 6.45) is -4.51. The van der Waals surface area contributed by atoms with Crippen molar-refractivity contribution in [1.82, 2.24) is 10.6 Å². The Morgan fingerprint density at radius 1 is 1.08 bits per heavy atom. The number of halogens is 3. The van der Waals surface area contributed by atoms with E-state index in [0.29, 0.717) is 13.1 Å². The van der Waals surface area contributed by atoms with Crippen LogP contribution < -0.4 is 16.0 Å². The lowest BCUT2D eigenvalue weighted by Gasteiger charge is -2.16. The molecule has 0 aliphatic carbocycles. The molecule has 0 aliphatic heterocycles. The number of hydrogen-bond donors (Lipinski definition) is 3. The van der Waals surface area contributed by atoms with E-state index in [4.69, 9.17) is 0 Å². The van der Waals surface area contributed by atoms with Gasteiger partial charge in [0.15, 0.2) is 0 Å². The number of carbonyl (C=O) groups is 2. The van der Waals surface area contributed by atoms with E-state index in [2.05, 4.69) is 16.0 Å². The predicted octanol–water partition coefficient (Wildman–Crippen LogP) is 2.78. The van der Waals surface area contributed by atoms with Crippen molar-refractivity contribution < 1.29 is 22.8 Å². The molecule has 0 fully saturated rings. The first-order valence-electron chi connectivity index (χ1n) is 8.08. The van der Waals surface area contributed by atoms with E-state index in [1.165, 1.54) is 18.2 Å². The van der Waals surface area contributed by atoms with Crippen LogP contribution in [0, 0.1) is 5.92 Å². The van der Waals surface area contributed by atoms with Crippen LogP contribution >= 0.6 is 0 Å². The van der Waals surface area contributed by atoms with Gasteiger partial charge in [0.2, 0.25) is 11.8 Å². The molecule has 1 atom stereocenters. The Hall–Kier alpha value is -2.09. The molecule has 0 spiro atoms. The summed E-state index contributed by atoms with van der Waals surface area (Å²) in [5.41, 5.74) is -1.13. The second-order valence-electron chi connectivity index (χ2n) is 6.10. The molecule has 1 aromatic rings. The van der Waals surface area contributed by atoms with Gasteiger partial charge in [-0.2, -0.15) is 13.2 Å². The molecule has 2 amide bonds. The fourth-order valence-corrected chi connectivity index (χ4v) is 2.10. The predicted molar refractivity (Wildman–Crippen MR) is 90.0 cm³/mol.